The predicted octanol–water partition coefficient (Wildman–Crippen LogP) is 7.30. The molecule has 6 rings (SSSR count). The number of fused-ring (bicyclic) bond motifs is 2. The van der Waals surface area contributed by atoms with E-state index in [-0.39, 0.29) is 17.7 Å². The molecule has 5 nitrogen and oxygen atoms in total. The summed E-state index contributed by atoms with van der Waals surface area (Å²) in [6.45, 7) is 4.79. The molecule has 1 aliphatic carbocycles. The van der Waals surface area contributed by atoms with Crippen LogP contribution in [-0.4, -0.2) is 26.3 Å². The van der Waals surface area contributed by atoms with Crippen molar-refractivity contribution in [3.63, 3.8) is 0 Å². The molecule has 1 unspecified atom stereocenters. The number of nitrogens with zero attached hydrogens (tertiary/aromatic N) is 4. The number of rotatable bonds is 4. The van der Waals surface area contributed by atoms with Gasteiger partial charge in [0.25, 0.3) is 0 Å². The fraction of sp³-hybridized carbons (Fsp3) is 0.310. The number of hydrogen-bond acceptors (Lipinski definition) is 3. The number of pyridine rings is 1. The number of nitrogens with one attached hydrogen (secondary N) is 1. The molecule has 1 aliphatic heterocycles. The topological polar surface area (TPSA) is 49.7 Å². The van der Waals surface area contributed by atoms with E-state index < -0.39 is 17.6 Å². The molecule has 0 radical (unpaired) electrons. The van der Waals surface area contributed by atoms with Gasteiger partial charge in [-0.3, -0.25) is 0 Å². The van der Waals surface area contributed by atoms with E-state index >= 15 is 0 Å². The van der Waals surface area contributed by atoms with Crippen molar-refractivity contribution in [3.8, 4) is 5.69 Å². The average Bonchev–Trinajstić information content (AvgIpc) is 3.54. The minimum absolute atomic E-state index is 0.0988. The first kappa shape index (κ1) is 25.7. The Morgan fingerprint density at radius 1 is 1.21 bits per heavy atom. The number of benzene rings is 1. The summed E-state index contributed by atoms with van der Waals surface area (Å²) in [6.07, 6.45) is 1.93. The molecule has 1 aromatic carbocycles. The third-order valence-corrected chi connectivity index (χ3v) is 7.96. The van der Waals surface area contributed by atoms with Crippen molar-refractivity contribution < 1.29 is 17.6 Å². The van der Waals surface area contributed by atoms with E-state index in [2.05, 4.69) is 42.0 Å². The van der Waals surface area contributed by atoms with Gasteiger partial charge >= 0.3 is 6.18 Å². The Morgan fingerprint density at radius 3 is 2.77 bits per heavy atom. The van der Waals surface area contributed by atoms with Gasteiger partial charge in [-0.25, -0.2) is 14.1 Å². The normalized spacial score (nSPS) is 17.2. The molecule has 0 saturated heterocycles. The number of aryl methyl sites for hydroxylation is 2. The van der Waals surface area contributed by atoms with Gasteiger partial charge in [0.1, 0.15) is 0 Å². The summed E-state index contributed by atoms with van der Waals surface area (Å²) in [5, 5.41) is 4.90. The number of alkyl halides is 4. The molecule has 0 amide bonds. The summed E-state index contributed by atoms with van der Waals surface area (Å²) in [4.78, 5) is 8.85. The van der Waals surface area contributed by atoms with Crippen LogP contribution in [0.25, 0.3) is 11.3 Å². The molecule has 3 aromatic heterocycles. The zero-order valence-electron chi connectivity index (χ0n) is 21.4. The van der Waals surface area contributed by atoms with Gasteiger partial charge in [0.15, 0.2) is 11.6 Å². The Hall–Kier alpha value is -3.59. The number of allylic oxidation sites excluding steroid dienone is 1. The van der Waals surface area contributed by atoms with Crippen LogP contribution in [0.2, 0.25) is 0 Å². The van der Waals surface area contributed by atoms with Gasteiger partial charge in [0.2, 0.25) is 0 Å². The van der Waals surface area contributed by atoms with Crippen molar-refractivity contribution in [2.24, 2.45) is 0 Å². The number of H-pyrrole nitrogens is 1. The van der Waals surface area contributed by atoms with Crippen LogP contribution in [0.1, 0.15) is 63.6 Å². The van der Waals surface area contributed by atoms with E-state index in [4.69, 9.17) is 16.7 Å². The van der Waals surface area contributed by atoms with Gasteiger partial charge in [-0.2, -0.15) is 18.3 Å². The van der Waals surface area contributed by atoms with Gasteiger partial charge in [0.05, 0.1) is 28.0 Å². The number of aromatic amines is 1. The lowest BCUT2D eigenvalue weighted by Gasteiger charge is -2.29. The Labute approximate surface area is 228 Å². The van der Waals surface area contributed by atoms with Crippen molar-refractivity contribution in [2.45, 2.75) is 51.2 Å². The molecule has 4 heterocycles. The van der Waals surface area contributed by atoms with E-state index in [9.17, 15) is 17.6 Å². The number of para-hydroxylation sites is 1. The third-order valence-electron chi connectivity index (χ3n) is 7.56. The monoisotopic (exact) mass is 555 g/mol. The zero-order valence-corrected chi connectivity index (χ0v) is 22.2. The van der Waals surface area contributed by atoms with Gasteiger partial charge < -0.3 is 9.88 Å². The van der Waals surface area contributed by atoms with E-state index in [1.54, 1.807) is 4.90 Å². The largest absolute Gasteiger partial charge is 0.417 e. The van der Waals surface area contributed by atoms with Crippen molar-refractivity contribution in [3.05, 3.63) is 99.5 Å². The number of anilines is 1. The summed E-state index contributed by atoms with van der Waals surface area (Å²) in [7, 11) is 0. The molecule has 2 aliphatic rings. The molecule has 1 N–H and O–H groups in total. The highest BCUT2D eigenvalue weighted by atomic mass is 35.5. The fourth-order valence-corrected chi connectivity index (χ4v) is 5.94. The van der Waals surface area contributed by atoms with Crippen LogP contribution >= 0.6 is 11.6 Å². The highest BCUT2D eigenvalue weighted by Gasteiger charge is 2.35. The molecular weight excluding hydrogens is 530 g/mol. The Bertz CT molecular complexity index is 1600. The van der Waals surface area contributed by atoms with Crippen molar-refractivity contribution in [2.75, 3.05) is 11.4 Å². The quantitative estimate of drug-likeness (QED) is 0.212. The van der Waals surface area contributed by atoms with Crippen LogP contribution in [0.4, 0.5) is 23.4 Å². The number of aromatic nitrogens is 4. The van der Waals surface area contributed by atoms with Gasteiger partial charge in [0, 0.05) is 54.3 Å². The summed E-state index contributed by atoms with van der Waals surface area (Å²) in [5.74, 6) is -1.09. The van der Waals surface area contributed by atoms with Gasteiger partial charge in [-0.15, -0.1) is 11.6 Å². The lowest BCUT2D eigenvalue weighted by molar-refractivity contribution is -0.138. The summed E-state index contributed by atoms with van der Waals surface area (Å²) in [5.41, 5.74) is 7.66. The minimum atomic E-state index is -4.66. The predicted molar refractivity (Wildman–Crippen MR) is 143 cm³/mol. The molecule has 202 valence electrons. The second-order valence-corrected chi connectivity index (χ2v) is 10.5. The van der Waals surface area contributed by atoms with Gasteiger partial charge in [-0.1, -0.05) is 31.2 Å². The van der Waals surface area contributed by atoms with Crippen molar-refractivity contribution in [1.82, 2.24) is 19.7 Å². The van der Waals surface area contributed by atoms with Crippen LogP contribution in [0.15, 0.2) is 48.8 Å². The molecule has 10 heteroatoms. The minimum Gasteiger partial charge on any atom is -0.363 e. The first-order chi connectivity index (χ1) is 18.7. The second-order valence-electron chi connectivity index (χ2n) is 9.95. The molecule has 1 atom stereocenters. The SMILES string of the molecule is CCc1cccc(C)c1-n1nc2c(c1C1=CCC(Cl)c3[nH]ccc31)CN(c1ncc(C(F)(F)F)cc1F)CC2. The highest BCUT2D eigenvalue weighted by molar-refractivity contribution is 6.21. The second kappa shape index (κ2) is 9.55. The van der Waals surface area contributed by atoms with E-state index in [1.807, 2.05) is 23.0 Å². The van der Waals surface area contributed by atoms with Crippen LogP contribution in [-0.2, 0) is 25.6 Å². The smallest absolute Gasteiger partial charge is 0.363 e. The lowest BCUT2D eigenvalue weighted by Crippen LogP contribution is -2.32. The van der Waals surface area contributed by atoms with Crippen molar-refractivity contribution in [1.29, 1.82) is 0 Å². The molecule has 39 heavy (non-hydrogen) atoms. The number of halogens is 5. The average molecular weight is 556 g/mol. The molecule has 4 aromatic rings. The van der Waals surface area contributed by atoms with Crippen LogP contribution in [0.5, 0.6) is 0 Å². The summed E-state index contributed by atoms with van der Waals surface area (Å²) in [6, 6.07) is 8.68. The van der Waals surface area contributed by atoms with Crippen molar-refractivity contribution >= 4 is 23.0 Å². The zero-order chi connectivity index (χ0) is 27.5. The standard InChI is InChI=1S/C29H26ClF4N5/c1-3-17-6-4-5-16(2)26(17)39-27(20-7-8-22(30)25-19(20)9-11-35-25)21-15-38(12-10-24(21)37-39)28-23(31)13-18(14-36-28)29(32,33)34/h4-7,9,11,13-14,22,35H,3,8,10,12,15H2,1-2H3. The van der Waals surface area contributed by atoms with E-state index in [1.165, 1.54) is 0 Å². The van der Waals surface area contributed by atoms with Crippen LogP contribution in [0, 0.1) is 12.7 Å². The maximum atomic E-state index is 15.0. The maximum Gasteiger partial charge on any atom is 0.417 e. The fourth-order valence-electron chi connectivity index (χ4n) is 5.67. The maximum absolute atomic E-state index is 15.0. The lowest BCUT2D eigenvalue weighted by atomic mass is 9.90. The summed E-state index contributed by atoms with van der Waals surface area (Å²) >= 11 is 6.62. The Balaban J connectivity index is 1.52. The van der Waals surface area contributed by atoms with Crippen LogP contribution in [0.3, 0.4) is 0 Å². The Morgan fingerprint density at radius 2 is 2.03 bits per heavy atom. The summed E-state index contributed by atoms with van der Waals surface area (Å²) < 4.78 is 56.3. The van der Waals surface area contributed by atoms with Gasteiger partial charge in [-0.05, 0) is 43.0 Å². The van der Waals surface area contributed by atoms with E-state index in [0.717, 1.165) is 57.0 Å². The Kier molecular flexibility index (Phi) is 6.29. The molecule has 0 fully saturated rings. The first-order valence-electron chi connectivity index (χ1n) is 12.9. The molecule has 0 bridgehead atoms. The van der Waals surface area contributed by atoms with Crippen LogP contribution < -0.4 is 4.90 Å². The highest BCUT2D eigenvalue weighted by Crippen LogP contribution is 2.43. The first-order valence-corrected chi connectivity index (χ1v) is 13.3. The van der Waals surface area contributed by atoms with E-state index in [0.29, 0.717) is 31.6 Å². The molecule has 0 spiro atoms. The number of hydrogen-bond donors (Lipinski definition) is 1. The molecular formula is C29H26ClF4N5. The third kappa shape index (κ3) is 4.33. The molecule has 0 saturated carbocycles.